The van der Waals surface area contributed by atoms with E-state index < -0.39 is 0 Å². The summed E-state index contributed by atoms with van der Waals surface area (Å²) in [6, 6.07) is 8.09. The minimum atomic E-state index is 0. The number of benzene rings is 1. The summed E-state index contributed by atoms with van der Waals surface area (Å²) in [7, 11) is 1.99. The number of halogens is 1. The van der Waals surface area contributed by atoms with Crippen LogP contribution in [0.3, 0.4) is 0 Å². The lowest BCUT2D eigenvalue weighted by Gasteiger charge is -2.32. The summed E-state index contributed by atoms with van der Waals surface area (Å²) in [5.41, 5.74) is 2.16. The van der Waals surface area contributed by atoms with E-state index in [4.69, 9.17) is 0 Å². The monoisotopic (exact) mass is 325 g/mol. The molecular weight excluding hydrogens is 298 g/mol. The van der Waals surface area contributed by atoms with E-state index in [0.717, 1.165) is 31.7 Å². The average molecular weight is 326 g/mol. The Bertz CT molecular complexity index is 465. The number of piperidine rings is 1. The van der Waals surface area contributed by atoms with Gasteiger partial charge < -0.3 is 10.6 Å². The number of aryl methyl sites for hydroxylation is 1. The molecule has 2 rings (SSSR count). The molecule has 1 aromatic carbocycles. The SMILES string of the molecule is CCc1cccc(NC(=O)CN2CCCC(CNC)C2)c1.Cl. The van der Waals surface area contributed by atoms with E-state index in [9.17, 15) is 4.79 Å². The van der Waals surface area contributed by atoms with Gasteiger partial charge in [-0.1, -0.05) is 19.1 Å². The molecule has 1 unspecified atom stereocenters. The Hall–Kier alpha value is -1.10. The highest BCUT2D eigenvalue weighted by Gasteiger charge is 2.20. The molecule has 0 spiro atoms. The number of nitrogens with one attached hydrogen (secondary N) is 2. The van der Waals surface area contributed by atoms with Gasteiger partial charge in [-0.25, -0.2) is 0 Å². The molecule has 1 aliphatic rings. The number of hydrogen-bond donors (Lipinski definition) is 2. The molecule has 0 aromatic heterocycles. The fourth-order valence-electron chi connectivity index (χ4n) is 3.02. The van der Waals surface area contributed by atoms with Gasteiger partial charge in [0.25, 0.3) is 0 Å². The van der Waals surface area contributed by atoms with Crippen LogP contribution in [-0.2, 0) is 11.2 Å². The fourth-order valence-corrected chi connectivity index (χ4v) is 3.02. The summed E-state index contributed by atoms with van der Waals surface area (Å²) in [5.74, 6) is 0.758. The first kappa shape index (κ1) is 18.9. The number of hydrogen-bond acceptors (Lipinski definition) is 3. The third kappa shape index (κ3) is 5.95. The molecule has 5 heteroatoms. The van der Waals surface area contributed by atoms with Gasteiger partial charge in [-0.05, 0) is 63.0 Å². The smallest absolute Gasteiger partial charge is 0.238 e. The number of anilines is 1. The lowest BCUT2D eigenvalue weighted by molar-refractivity contribution is -0.117. The minimum Gasteiger partial charge on any atom is -0.325 e. The largest absolute Gasteiger partial charge is 0.325 e. The highest BCUT2D eigenvalue weighted by atomic mass is 35.5. The van der Waals surface area contributed by atoms with Crippen molar-refractivity contribution >= 4 is 24.0 Å². The van der Waals surface area contributed by atoms with Crippen molar-refractivity contribution in [3.05, 3.63) is 29.8 Å². The number of amides is 1. The number of carbonyl (C=O) groups is 1. The van der Waals surface area contributed by atoms with Crippen LogP contribution in [0.5, 0.6) is 0 Å². The van der Waals surface area contributed by atoms with Gasteiger partial charge >= 0.3 is 0 Å². The van der Waals surface area contributed by atoms with Gasteiger partial charge in [-0.3, -0.25) is 9.69 Å². The summed E-state index contributed by atoms with van der Waals surface area (Å²) in [5, 5.41) is 6.25. The highest BCUT2D eigenvalue weighted by molar-refractivity contribution is 5.92. The molecule has 1 heterocycles. The van der Waals surface area contributed by atoms with Crippen molar-refractivity contribution in [2.24, 2.45) is 5.92 Å². The molecule has 1 fully saturated rings. The van der Waals surface area contributed by atoms with Gasteiger partial charge in [-0.15, -0.1) is 12.4 Å². The van der Waals surface area contributed by atoms with Crippen molar-refractivity contribution in [1.82, 2.24) is 10.2 Å². The van der Waals surface area contributed by atoms with Crippen molar-refractivity contribution < 1.29 is 4.79 Å². The molecule has 2 N–H and O–H groups in total. The molecule has 4 nitrogen and oxygen atoms in total. The number of rotatable bonds is 6. The standard InChI is InChI=1S/C17H27N3O.ClH/c1-3-14-6-4-8-16(10-14)19-17(21)13-20-9-5-7-15(12-20)11-18-2;/h4,6,8,10,15,18H,3,5,7,9,11-13H2,1-2H3,(H,19,21);1H. The van der Waals surface area contributed by atoms with Crippen LogP contribution in [0.1, 0.15) is 25.3 Å². The Balaban J connectivity index is 0.00000242. The van der Waals surface area contributed by atoms with Gasteiger partial charge in [-0.2, -0.15) is 0 Å². The van der Waals surface area contributed by atoms with Gasteiger partial charge in [0, 0.05) is 12.2 Å². The van der Waals surface area contributed by atoms with Crippen molar-refractivity contribution in [3.8, 4) is 0 Å². The van der Waals surface area contributed by atoms with E-state index in [1.54, 1.807) is 0 Å². The zero-order valence-corrected chi connectivity index (χ0v) is 14.4. The summed E-state index contributed by atoms with van der Waals surface area (Å²) in [4.78, 5) is 14.4. The molecule has 124 valence electrons. The third-order valence-electron chi connectivity index (χ3n) is 4.08. The molecule has 1 aliphatic heterocycles. The summed E-state index contributed by atoms with van der Waals surface area (Å²) >= 11 is 0. The molecule has 0 radical (unpaired) electrons. The van der Waals surface area contributed by atoms with E-state index in [-0.39, 0.29) is 18.3 Å². The second-order valence-corrected chi connectivity index (χ2v) is 5.90. The molecule has 0 bridgehead atoms. The van der Waals surface area contributed by atoms with Crippen LogP contribution in [0.2, 0.25) is 0 Å². The second kappa shape index (κ2) is 9.82. The fraction of sp³-hybridized carbons (Fsp3) is 0.588. The van der Waals surface area contributed by atoms with Crippen molar-refractivity contribution in [2.45, 2.75) is 26.2 Å². The van der Waals surface area contributed by atoms with Crippen LogP contribution in [0.4, 0.5) is 5.69 Å². The van der Waals surface area contributed by atoms with Gasteiger partial charge in [0.15, 0.2) is 0 Å². The van der Waals surface area contributed by atoms with E-state index in [0.29, 0.717) is 12.5 Å². The van der Waals surface area contributed by atoms with Crippen LogP contribution in [0.25, 0.3) is 0 Å². The summed E-state index contributed by atoms with van der Waals surface area (Å²) in [6.07, 6.45) is 3.43. The van der Waals surface area contributed by atoms with E-state index in [1.807, 2.05) is 19.2 Å². The zero-order chi connectivity index (χ0) is 15.1. The minimum absolute atomic E-state index is 0. The highest BCUT2D eigenvalue weighted by Crippen LogP contribution is 2.16. The van der Waals surface area contributed by atoms with Crippen molar-refractivity contribution in [1.29, 1.82) is 0 Å². The van der Waals surface area contributed by atoms with Crippen LogP contribution >= 0.6 is 12.4 Å². The topological polar surface area (TPSA) is 44.4 Å². The first-order valence-corrected chi connectivity index (χ1v) is 7.97. The van der Waals surface area contributed by atoms with Crippen molar-refractivity contribution in [2.75, 3.05) is 38.5 Å². The lowest BCUT2D eigenvalue weighted by atomic mass is 9.98. The quantitative estimate of drug-likeness (QED) is 0.845. The Morgan fingerprint density at radius 1 is 1.41 bits per heavy atom. The average Bonchev–Trinajstić information content (AvgIpc) is 2.48. The van der Waals surface area contributed by atoms with E-state index in [2.05, 4.69) is 34.6 Å². The van der Waals surface area contributed by atoms with Gasteiger partial charge in [0.2, 0.25) is 5.91 Å². The van der Waals surface area contributed by atoms with Crippen LogP contribution in [0, 0.1) is 5.92 Å². The molecule has 22 heavy (non-hydrogen) atoms. The molecule has 0 saturated carbocycles. The van der Waals surface area contributed by atoms with E-state index >= 15 is 0 Å². The van der Waals surface area contributed by atoms with Crippen LogP contribution in [-0.4, -0.2) is 44.0 Å². The Morgan fingerprint density at radius 3 is 2.95 bits per heavy atom. The maximum absolute atomic E-state index is 12.2. The predicted octanol–water partition coefficient (Wildman–Crippen LogP) is 2.54. The maximum Gasteiger partial charge on any atom is 0.238 e. The van der Waals surface area contributed by atoms with Crippen LogP contribution < -0.4 is 10.6 Å². The Labute approximate surface area is 140 Å². The molecule has 1 saturated heterocycles. The Kier molecular flexibility index (Phi) is 8.46. The number of likely N-dealkylation sites (tertiary alicyclic amines) is 1. The third-order valence-corrected chi connectivity index (χ3v) is 4.08. The molecule has 1 amide bonds. The molecule has 1 aromatic rings. The van der Waals surface area contributed by atoms with E-state index in [1.165, 1.54) is 18.4 Å². The lowest BCUT2D eigenvalue weighted by Crippen LogP contribution is -2.42. The molecule has 1 atom stereocenters. The summed E-state index contributed by atoms with van der Waals surface area (Å²) in [6.45, 7) is 5.70. The first-order chi connectivity index (χ1) is 10.2. The summed E-state index contributed by atoms with van der Waals surface area (Å²) < 4.78 is 0. The van der Waals surface area contributed by atoms with Crippen molar-refractivity contribution in [3.63, 3.8) is 0 Å². The zero-order valence-electron chi connectivity index (χ0n) is 13.6. The predicted molar refractivity (Wildman–Crippen MR) is 94.8 cm³/mol. The second-order valence-electron chi connectivity index (χ2n) is 5.90. The molecular formula is C17H28ClN3O. The van der Waals surface area contributed by atoms with Gasteiger partial charge in [0.1, 0.15) is 0 Å². The maximum atomic E-state index is 12.2. The molecule has 0 aliphatic carbocycles. The number of carbonyl (C=O) groups excluding carboxylic acids is 1. The van der Waals surface area contributed by atoms with Gasteiger partial charge in [0.05, 0.1) is 6.54 Å². The Morgan fingerprint density at radius 2 is 2.23 bits per heavy atom. The van der Waals surface area contributed by atoms with Crippen LogP contribution in [0.15, 0.2) is 24.3 Å². The first-order valence-electron chi connectivity index (χ1n) is 7.97. The number of nitrogens with zero attached hydrogens (tertiary/aromatic N) is 1. The normalized spacial score (nSPS) is 18.5.